The van der Waals surface area contributed by atoms with Crippen LogP contribution in [0.2, 0.25) is 0 Å². The predicted molar refractivity (Wildman–Crippen MR) is 62.8 cm³/mol. The molecule has 0 aromatic carbocycles. The maximum atomic E-state index is 11.1. The minimum atomic E-state index is -4.17. The molecule has 0 fully saturated rings. The molecule has 0 amide bonds. The highest BCUT2D eigenvalue weighted by Gasteiger charge is 2.33. The van der Waals surface area contributed by atoms with Gasteiger partial charge >= 0.3 is 13.6 Å². The molecule has 0 saturated carbocycles. The molecule has 2 atom stereocenters. The van der Waals surface area contributed by atoms with Crippen LogP contribution < -0.4 is 5.32 Å². The number of nitrogens with zero attached hydrogens (tertiary/aromatic N) is 2. The number of carboxylic acids is 1. The number of hydrogen-bond donors (Lipinski definition) is 4. The van der Waals surface area contributed by atoms with Crippen molar-refractivity contribution in [2.45, 2.75) is 13.0 Å². The molecular weight excluding hydrogens is 261 g/mol. The molecule has 8 nitrogen and oxygen atoms in total. The Morgan fingerprint density at radius 2 is 2.33 bits per heavy atom. The predicted octanol–water partition coefficient (Wildman–Crippen LogP) is 0.362. The molecule has 4 N–H and O–H groups in total. The summed E-state index contributed by atoms with van der Waals surface area (Å²) in [6.07, 6.45) is 0.985. The Hall–Kier alpha value is -1.37. The van der Waals surface area contributed by atoms with E-state index in [1.54, 1.807) is 0 Å². The number of carbonyl (C=O) groups is 1. The summed E-state index contributed by atoms with van der Waals surface area (Å²) in [7, 11) is -4.17. The molecule has 0 radical (unpaired) electrons. The summed E-state index contributed by atoms with van der Waals surface area (Å²) in [5.74, 6) is -0.855. The van der Waals surface area contributed by atoms with Crippen LogP contribution in [0.25, 0.3) is 0 Å². The average molecular weight is 275 g/mol. The molecule has 0 aliphatic carbocycles. The van der Waals surface area contributed by atoms with Crippen molar-refractivity contribution in [3.8, 4) is 0 Å². The second-order valence-corrected chi connectivity index (χ2v) is 6.13. The Balaban J connectivity index is 2.37. The van der Waals surface area contributed by atoms with Gasteiger partial charge < -0.3 is 24.8 Å². The maximum Gasteiger partial charge on any atom is 0.356 e. The Labute approximate surface area is 103 Å². The number of carboxylic acid groups (broad SMARTS) is 1. The van der Waals surface area contributed by atoms with Gasteiger partial charge in [-0.05, 0) is 5.92 Å². The zero-order chi connectivity index (χ0) is 13.5. The van der Waals surface area contributed by atoms with Crippen LogP contribution in [0.4, 0.5) is 5.95 Å². The van der Waals surface area contributed by atoms with Crippen molar-refractivity contribution in [2.24, 2.45) is 5.92 Å². The van der Waals surface area contributed by atoms with Crippen molar-refractivity contribution in [2.75, 3.05) is 18.0 Å². The third-order valence-corrected chi connectivity index (χ3v) is 3.82. The van der Waals surface area contributed by atoms with Gasteiger partial charge in [0.1, 0.15) is 0 Å². The first kappa shape index (κ1) is 13.1. The minimum absolute atomic E-state index is 0.0269. The fourth-order valence-corrected chi connectivity index (χ4v) is 3.08. The first-order valence-electron chi connectivity index (χ1n) is 5.38. The third kappa shape index (κ3) is 2.55. The molecule has 18 heavy (non-hydrogen) atoms. The smallest absolute Gasteiger partial charge is 0.356 e. The van der Waals surface area contributed by atoms with Crippen molar-refractivity contribution in [1.82, 2.24) is 9.55 Å². The normalized spacial score (nSPS) is 23.3. The van der Waals surface area contributed by atoms with E-state index in [-0.39, 0.29) is 17.8 Å². The van der Waals surface area contributed by atoms with E-state index < -0.39 is 19.6 Å². The molecule has 100 valence electrons. The molecule has 1 aliphatic rings. The number of imidazole rings is 1. The van der Waals surface area contributed by atoms with Crippen LogP contribution in [-0.2, 0) is 4.57 Å². The molecule has 0 bridgehead atoms. The third-order valence-electron chi connectivity index (χ3n) is 2.97. The molecule has 2 rings (SSSR count). The molecule has 9 heteroatoms. The highest BCUT2D eigenvalue weighted by atomic mass is 31.2. The van der Waals surface area contributed by atoms with Gasteiger partial charge in [0.2, 0.25) is 5.95 Å². The fourth-order valence-electron chi connectivity index (χ4n) is 2.05. The van der Waals surface area contributed by atoms with Gasteiger partial charge in [0.05, 0.1) is 12.2 Å². The SMILES string of the molecule is CC1CNc2nc(C(=O)O)cn2C1CP(=O)(O)O. The Morgan fingerprint density at radius 1 is 1.67 bits per heavy atom. The number of nitrogens with one attached hydrogen (secondary N) is 1. The van der Waals surface area contributed by atoms with Gasteiger partial charge in [-0.3, -0.25) is 4.57 Å². The van der Waals surface area contributed by atoms with Crippen molar-refractivity contribution < 1.29 is 24.3 Å². The van der Waals surface area contributed by atoms with E-state index in [1.807, 2.05) is 6.92 Å². The van der Waals surface area contributed by atoms with Gasteiger partial charge in [0, 0.05) is 12.7 Å². The first-order valence-corrected chi connectivity index (χ1v) is 7.18. The Morgan fingerprint density at radius 3 is 2.89 bits per heavy atom. The number of hydrogen-bond acceptors (Lipinski definition) is 4. The first-order chi connectivity index (χ1) is 8.28. The number of fused-ring (bicyclic) bond motifs is 1. The summed E-state index contributed by atoms with van der Waals surface area (Å²) in [4.78, 5) is 32.8. The number of aromatic carboxylic acids is 1. The number of anilines is 1. The maximum absolute atomic E-state index is 11.1. The summed E-state index contributed by atoms with van der Waals surface area (Å²) in [5, 5.41) is 11.8. The topological polar surface area (TPSA) is 125 Å². The summed E-state index contributed by atoms with van der Waals surface area (Å²) in [6, 6.07) is -0.456. The minimum Gasteiger partial charge on any atom is -0.476 e. The van der Waals surface area contributed by atoms with Crippen LogP contribution in [0.15, 0.2) is 6.20 Å². The van der Waals surface area contributed by atoms with Crippen molar-refractivity contribution in [1.29, 1.82) is 0 Å². The highest BCUT2D eigenvalue weighted by molar-refractivity contribution is 7.51. The van der Waals surface area contributed by atoms with Crippen molar-refractivity contribution in [3.63, 3.8) is 0 Å². The molecule has 0 saturated heterocycles. The lowest BCUT2D eigenvalue weighted by molar-refractivity contribution is 0.0691. The Kier molecular flexibility index (Phi) is 3.18. The van der Waals surface area contributed by atoms with Gasteiger partial charge in [-0.2, -0.15) is 0 Å². The quantitative estimate of drug-likeness (QED) is 0.587. The Bertz CT molecular complexity index is 522. The lowest BCUT2D eigenvalue weighted by Gasteiger charge is -2.31. The number of aromatic nitrogens is 2. The molecule has 1 aliphatic heterocycles. The summed E-state index contributed by atoms with van der Waals surface area (Å²) < 4.78 is 12.6. The van der Waals surface area contributed by atoms with Gasteiger partial charge in [-0.1, -0.05) is 6.92 Å². The van der Waals surface area contributed by atoms with Crippen molar-refractivity contribution in [3.05, 3.63) is 11.9 Å². The summed E-state index contributed by atoms with van der Waals surface area (Å²) >= 11 is 0. The standard InChI is InChI=1S/C9H14N3O5P/c1-5-2-10-9-11-6(8(13)14)3-12(9)7(5)4-18(15,16)17/h3,5,7H,2,4H2,1H3,(H,10,11)(H,13,14)(H2,15,16,17). The molecule has 1 aromatic heterocycles. The van der Waals surface area contributed by atoms with E-state index in [0.717, 1.165) is 0 Å². The molecule has 2 heterocycles. The molecule has 1 aromatic rings. The van der Waals surface area contributed by atoms with E-state index in [0.29, 0.717) is 12.5 Å². The van der Waals surface area contributed by atoms with Gasteiger partial charge in [-0.25, -0.2) is 9.78 Å². The van der Waals surface area contributed by atoms with Crippen LogP contribution >= 0.6 is 7.60 Å². The molecule has 0 spiro atoms. The largest absolute Gasteiger partial charge is 0.476 e. The van der Waals surface area contributed by atoms with Crippen LogP contribution in [0.3, 0.4) is 0 Å². The van der Waals surface area contributed by atoms with Crippen LogP contribution in [0, 0.1) is 5.92 Å². The van der Waals surface area contributed by atoms with E-state index in [9.17, 15) is 9.36 Å². The second-order valence-electron chi connectivity index (χ2n) is 4.43. The second kappa shape index (κ2) is 4.38. The van der Waals surface area contributed by atoms with Crippen LogP contribution in [0.1, 0.15) is 23.5 Å². The number of rotatable bonds is 3. The van der Waals surface area contributed by atoms with E-state index in [1.165, 1.54) is 10.8 Å². The monoisotopic (exact) mass is 275 g/mol. The van der Waals surface area contributed by atoms with E-state index in [2.05, 4.69) is 10.3 Å². The van der Waals surface area contributed by atoms with Crippen LogP contribution in [0.5, 0.6) is 0 Å². The lowest BCUT2D eigenvalue weighted by atomic mass is 10.0. The van der Waals surface area contributed by atoms with E-state index in [4.69, 9.17) is 14.9 Å². The molecular formula is C9H14N3O5P. The summed E-state index contributed by atoms with van der Waals surface area (Å²) in [6.45, 7) is 2.34. The molecule has 2 unspecified atom stereocenters. The van der Waals surface area contributed by atoms with Gasteiger partial charge in [-0.15, -0.1) is 0 Å². The summed E-state index contributed by atoms with van der Waals surface area (Å²) in [5.41, 5.74) is -0.137. The van der Waals surface area contributed by atoms with Crippen molar-refractivity contribution >= 4 is 19.5 Å². The average Bonchev–Trinajstić information content (AvgIpc) is 2.65. The lowest BCUT2D eigenvalue weighted by Crippen LogP contribution is -2.32. The van der Waals surface area contributed by atoms with E-state index >= 15 is 0 Å². The zero-order valence-electron chi connectivity index (χ0n) is 9.65. The van der Waals surface area contributed by atoms with Gasteiger partial charge in [0.25, 0.3) is 0 Å². The van der Waals surface area contributed by atoms with Crippen LogP contribution in [-0.4, -0.2) is 43.1 Å². The fraction of sp³-hybridized carbons (Fsp3) is 0.556. The van der Waals surface area contributed by atoms with Gasteiger partial charge in [0.15, 0.2) is 5.69 Å². The highest BCUT2D eigenvalue weighted by Crippen LogP contribution is 2.42. The zero-order valence-corrected chi connectivity index (χ0v) is 10.5.